The van der Waals surface area contributed by atoms with Crippen molar-refractivity contribution in [2.45, 2.75) is 20.0 Å². The van der Waals surface area contributed by atoms with Crippen LogP contribution in [0.4, 0.5) is 16.2 Å². The quantitative estimate of drug-likeness (QED) is 0.463. The summed E-state index contributed by atoms with van der Waals surface area (Å²) in [5, 5.41) is 8.14. The van der Waals surface area contributed by atoms with Gasteiger partial charge < -0.3 is 16.0 Å². The second-order valence-corrected chi connectivity index (χ2v) is 8.96. The lowest BCUT2D eigenvalue weighted by atomic mass is 10.1. The number of nitrogens with one attached hydrogen (secondary N) is 3. The van der Waals surface area contributed by atoms with Crippen LogP contribution < -0.4 is 16.0 Å². The molecular weight excluding hydrogens is 438 g/mol. The van der Waals surface area contributed by atoms with Gasteiger partial charge in [0, 0.05) is 50.6 Å². The maximum absolute atomic E-state index is 12.2. The number of benzene rings is 3. The second-order valence-electron chi connectivity index (χ2n) is 8.96. The normalized spacial score (nSPS) is 14.3. The maximum atomic E-state index is 12.2. The van der Waals surface area contributed by atoms with E-state index in [0.29, 0.717) is 11.4 Å². The predicted octanol–water partition coefficient (Wildman–Crippen LogP) is 4.07. The van der Waals surface area contributed by atoms with Crippen LogP contribution in [0.25, 0.3) is 0 Å². The van der Waals surface area contributed by atoms with Crippen LogP contribution >= 0.6 is 0 Å². The highest BCUT2D eigenvalue weighted by atomic mass is 16.2. The fourth-order valence-corrected chi connectivity index (χ4v) is 4.16. The van der Waals surface area contributed by atoms with Gasteiger partial charge in [-0.2, -0.15) is 0 Å². The molecule has 3 N–H and O–H groups in total. The highest BCUT2D eigenvalue weighted by molar-refractivity contribution is 5.96. The fraction of sp³-hybridized carbons (Fsp3) is 0.286. The monoisotopic (exact) mass is 471 g/mol. The van der Waals surface area contributed by atoms with Gasteiger partial charge in [-0.15, -0.1) is 0 Å². The van der Waals surface area contributed by atoms with Crippen molar-refractivity contribution in [2.75, 3.05) is 43.4 Å². The number of carbonyl (C=O) groups is 2. The van der Waals surface area contributed by atoms with Gasteiger partial charge in [-0.1, -0.05) is 54.6 Å². The van der Waals surface area contributed by atoms with Crippen molar-refractivity contribution < 1.29 is 9.59 Å². The Morgan fingerprint density at radius 3 is 1.97 bits per heavy atom. The fourth-order valence-electron chi connectivity index (χ4n) is 4.16. The van der Waals surface area contributed by atoms with Crippen LogP contribution in [0.1, 0.15) is 16.7 Å². The third-order valence-corrected chi connectivity index (χ3v) is 6.04. The first-order chi connectivity index (χ1) is 17.0. The summed E-state index contributed by atoms with van der Waals surface area (Å²) in [6, 6.07) is 25.6. The van der Waals surface area contributed by atoms with Gasteiger partial charge in [0.05, 0.1) is 6.54 Å². The van der Waals surface area contributed by atoms with Crippen LogP contribution in [-0.2, 0) is 17.9 Å². The standard InChI is InChI=1S/C28H33N5O2/c1-22-6-5-9-26(18-22)31-28(35)29-19-27(34)30-25-12-10-24(11-13-25)21-33-16-14-32(15-17-33)20-23-7-3-2-4-8-23/h2-13,18H,14-17,19-21H2,1H3,(H,30,34)(H2,29,31,35). The van der Waals surface area contributed by atoms with Crippen molar-refractivity contribution in [3.8, 4) is 0 Å². The largest absolute Gasteiger partial charge is 0.329 e. The maximum Gasteiger partial charge on any atom is 0.319 e. The molecule has 3 amide bonds. The highest BCUT2D eigenvalue weighted by Gasteiger charge is 2.17. The minimum Gasteiger partial charge on any atom is -0.329 e. The molecule has 1 aliphatic heterocycles. The predicted molar refractivity (Wildman–Crippen MR) is 140 cm³/mol. The smallest absolute Gasteiger partial charge is 0.319 e. The third kappa shape index (κ3) is 7.95. The van der Waals surface area contributed by atoms with Crippen molar-refractivity contribution in [3.63, 3.8) is 0 Å². The SMILES string of the molecule is Cc1cccc(NC(=O)NCC(=O)Nc2ccc(CN3CCN(Cc4ccccc4)CC3)cc2)c1. The zero-order chi connectivity index (χ0) is 24.5. The molecule has 0 radical (unpaired) electrons. The second kappa shape index (κ2) is 12.1. The zero-order valence-corrected chi connectivity index (χ0v) is 20.2. The summed E-state index contributed by atoms with van der Waals surface area (Å²) < 4.78 is 0. The van der Waals surface area contributed by atoms with E-state index in [9.17, 15) is 9.59 Å². The number of carbonyl (C=O) groups excluding carboxylic acids is 2. The Hall–Kier alpha value is -3.68. The number of aryl methyl sites for hydroxylation is 1. The summed E-state index contributed by atoms with van der Waals surface area (Å²) in [6.07, 6.45) is 0. The van der Waals surface area contributed by atoms with Gasteiger partial charge in [0.25, 0.3) is 0 Å². The van der Waals surface area contributed by atoms with E-state index in [0.717, 1.165) is 44.8 Å². The molecule has 7 heteroatoms. The van der Waals surface area contributed by atoms with E-state index in [1.807, 2.05) is 49.4 Å². The molecule has 1 aliphatic rings. The van der Waals surface area contributed by atoms with E-state index in [1.165, 1.54) is 11.1 Å². The van der Waals surface area contributed by atoms with Gasteiger partial charge in [0.2, 0.25) is 5.91 Å². The first-order valence-corrected chi connectivity index (χ1v) is 12.0. The van der Waals surface area contributed by atoms with Crippen LogP contribution in [-0.4, -0.2) is 54.5 Å². The topological polar surface area (TPSA) is 76.7 Å². The molecule has 0 aromatic heterocycles. The first kappa shape index (κ1) is 24.4. The van der Waals surface area contributed by atoms with E-state index in [2.05, 4.69) is 56.1 Å². The van der Waals surface area contributed by atoms with Crippen molar-refractivity contribution >= 4 is 23.3 Å². The van der Waals surface area contributed by atoms with Gasteiger partial charge in [-0.05, 0) is 47.9 Å². The Morgan fingerprint density at radius 2 is 1.34 bits per heavy atom. The molecule has 35 heavy (non-hydrogen) atoms. The lowest BCUT2D eigenvalue weighted by Crippen LogP contribution is -2.45. The molecule has 0 spiro atoms. The van der Waals surface area contributed by atoms with Crippen molar-refractivity contribution in [1.82, 2.24) is 15.1 Å². The molecule has 0 atom stereocenters. The molecule has 1 heterocycles. The van der Waals surface area contributed by atoms with Crippen molar-refractivity contribution in [1.29, 1.82) is 0 Å². The molecular formula is C28H33N5O2. The van der Waals surface area contributed by atoms with Gasteiger partial charge in [-0.25, -0.2) is 4.79 Å². The number of hydrogen-bond acceptors (Lipinski definition) is 4. The summed E-state index contributed by atoms with van der Waals surface area (Å²) >= 11 is 0. The Balaban J connectivity index is 1.16. The number of nitrogens with zero attached hydrogens (tertiary/aromatic N) is 2. The summed E-state index contributed by atoms with van der Waals surface area (Å²) in [7, 11) is 0. The number of anilines is 2. The van der Waals surface area contributed by atoms with Crippen LogP contribution in [0.15, 0.2) is 78.9 Å². The van der Waals surface area contributed by atoms with Crippen LogP contribution in [0.5, 0.6) is 0 Å². The molecule has 1 fully saturated rings. The van der Waals surface area contributed by atoms with E-state index in [4.69, 9.17) is 0 Å². The number of piperazine rings is 1. The van der Waals surface area contributed by atoms with Gasteiger partial charge in [-0.3, -0.25) is 14.6 Å². The third-order valence-electron chi connectivity index (χ3n) is 6.04. The summed E-state index contributed by atoms with van der Waals surface area (Å²) in [5.74, 6) is -0.272. The summed E-state index contributed by atoms with van der Waals surface area (Å²) in [5.41, 5.74) is 5.04. The van der Waals surface area contributed by atoms with E-state index >= 15 is 0 Å². The molecule has 182 valence electrons. The lowest BCUT2D eigenvalue weighted by Gasteiger charge is -2.34. The molecule has 0 aliphatic carbocycles. The summed E-state index contributed by atoms with van der Waals surface area (Å²) in [4.78, 5) is 29.2. The average molecular weight is 472 g/mol. The Kier molecular flexibility index (Phi) is 8.48. The molecule has 4 rings (SSSR count). The molecule has 1 saturated heterocycles. The van der Waals surface area contributed by atoms with Crippen LogP contribution in [0, 0.1) is 6.92 Å². The Labute approximate surface area is 207 Å². The Bertz CT molecular complexity index is 1110. The number of amides is 3. The van der Waals surface area contributed by atoms with E-state index in [1.54, 1.807) is 6.07 Å². The van der Waals surface area contributed by atoms with Gasteiger partial charge in [0.1, 0.15) is 0 Å². The zero-order valence-electron chi connectivity index (χ0n) is 20.2. The molecule has 7 nitrogen and oxygen atoms in total. The Morgan fingerprint density at radius 1 is 0.714 bits per heavy atom. The van der Waals surface area contributed by atoms with Crippen molar-refractivity contribution in [2.24, 2.45) is 0 Å². The van der Waals surface area contributed by atoms with Crippen LogP contribution in [0.3, 0.4) is 0 Å². The lowest BCUT2D eigenvalue weighted by molar-refractivity contribution is -0.115. The molecule has 0 saturated carbocycles. The number of urea groups is 1. The van der Waals surface area contributed by atoms with Crippen molar-refractivity contribution in [3.05, 3.63) is 95.6 Å². The van der Waals surface area contributed by atoms with E-state index in [-0.39, 0.29) is 12.5 Å². The number of rotatable bonds is 8. The van der Waals surface area contributed by atoms with Gasteiger partial charge >= 0.3 is 6.03 Å². The first-order valence-electron chi connectivity index (χ1n) is 12.0. The van der Waals surface area contributed by atoms with Crippen LogP contribution in [0.2, 0.25) is 0 Å². The molecule has 0 bridgehead atoms. The molecule has 0 unspecified atom stereocenters. The minimum atomic E-state index is -0.412. The molecule has 3 aromatic carbocycles. The number of hydrogen-bond donors (Lipinski definition) is 3. The van der Waals surface area contributed by atoms with Gasteiger partial charge in [0.15, 0.2) is 0 Å². The summed E-state index contributed by atoms with van der Waals surface area (Å²) in [6.45, 7) is 7.96. The molecule has 3 aromatic rings. The average Bonchev–Trinajstić information content (AvgIpc) is 2.86. The van der Waals surface area contributed by atoms with E-state index < -0.39 is 6.03 Å². The minimum absolute atomic E-state index is 0.105. The highest BCUT2D eigenvalue weighted by Crippen LogP contribution is 2.14.